The first-order chi connectivity index (χ1) is 16.4. The van der Waals surface area contributed by atoms with Crippen LogP contribution in [0.4, 0.5) is 4.79 Å². The molecule has 2 atom stereocenters. The molecule has 0 saturated heterocycles. The molecule has 0 aromatic heterocycles. The Kier molecular flexibility index (Phi) is 6.02. The molecular weight excluding hydrogens is 432 g/mol. The highest BCUT2D eigenvalue weighted by Gasteiger charge is 2.47. The number of carbonyl (C=O) groups excluding carboxylic acids is 2. The number of aliphatic carboxylic acids is 1. The van der Waals surface area contributed by atoms with Crippen molar-refractivity contribution in [1.29, 1.82) is 0 Å². The van der Waals surface area contributed by atoms with Crippen molar-refractivity contribution in [2.45, 2.75) is 62.4 Å². The summed E-state index contributed by atoms with van der Waals surface area (Å²) in [6, 6.07) is 16.3. The lowest BCUT2D eigenvalue weighted by molar-refractivity contribution is -0.138. The van der Waals surface area contributed by atoms with Crippen molar-refractivity contribution in [3.63, 3.8) is 0 Å². The summed E-state index contributed by atoms with van der Waals surface area (Å²) < 4.78 is 5.66. The summed E-state index contributed by atoms with van der Waals surface area (Å²) in [7, 11) is 0. The zero-order valence-corrected chi connectivity index (χ0v) is 19.1. The van der Waals surface area contributed by atoms with Gasteiger partial charge in [0, 0.05) is 17.9 Å². The number of carbonyl (C=O) groups is 3. The number of rotatable bonds is 7. The minimum Gasteiger partial charge on any atom is -0.481 e. The third kappa shape index (κ3) is 4.65. The maximum Gasteiger partial charge on any atom is 0.407 e. The maximum absolute atomic E-state index is 12.8. The topological polar surface area (TPSA) is 105 Å². The normalized spacial score (nSPS) is 22.2. The molecule has 2 amide bonds. The Balaban J connectivity index is 1.15. The second-order valence-corrected chi connectivity index (χ2v) is 9.87. The van der Waals surface area contributed by atoms with Crippen molar-refractivity contribution in [3.8, 4) is 11.1 Å². The number of ether oxygens (including phenoxy) is 1. The molecule has 2 saturated carbocycles. The summed E-state index contributed by atoms with van der Waals surface area (Å²) in [5.41, 5.74) is 4.13. The van der Waals surface area contributed by atoms with Gasteiger partial charge >= 0.3 is 12.1 Å². The third-order valence-corrected chi connectivity index (χ3v) is 7.44. The minimum atomic E-state index is -0.892. The van der Waals surface area contributed by atoms with Gasteiger partial charge in [-0.1, -0.05) is 55.0 Å². The van der Waals surface area contributed by atoms with Gasteiger partial charge < -0.3 is 20.5 Å². The van der Waals surface area contributed by atoms with Gasteiger partial charge in [0.2, 0.25) is 5.91 Å². The Bertz CT molecular complexity index is 1060. The van der Waals surface area contributed by atoms with E-state index >= 15 is 0 Å². The standard InChI is InChI=1S/C27H30N2O5/c30-24(31)15-27(12-13-27)29-25(32)17-6-5-7-18(14-17)28-26(33)34-16-23-21-10-3-1-8-19(21)20-9-2-4-11-22(20)23/h1-4,8-11,17-18,23H,5-7,12-16H2,(H,28,33)(H,29,32)(H,30,31). The first kappa shape index (κ1) is 22.4. The highest BCUT2D eigenvalue weighted by molar-refractivity contribution is 5.82. The van der Waals surface area contributed by atoms with Crippen LogP contribution >= 0.6 is 0 Å². The van der Waals surface area contributed by atoms with Crippen molar-refractivity contribution in [2.75, 3.05) is 6.61 Å². The summed E-state index contributed by atoms with van der Waals surface area (Å²) in [4.78, 5) is 36.4. The largest absolute Gasteiger partial charge is 0.481 e. The fraction of sp³-hybridized carbons (Fsp3) is 0.444. The molecule has 2 aromatic rings. The lowest BCUT2D eigenvalue weighted by Crippen LogP contribution is -2.46. The molecule has 5 rings (SSSR count). The molecular formula is C27H30N2O5. The van der Waals surface area contributed by atoms with Crippen molar-refractivity contribution in [1.82, 2.24) is 10.6 Å². The summed E-state index contributed by atoms with van der Waals surface area (Å²) >= 11 is 0. The summed E-state index contributed by atoms with van der Waals surface area (Å²) in [5, 5.41) is 15.0. The molecule has 0 radical (unpaired) electrons. The first-order valence-corrected chi connectivity index (χ1v) is 12.1. The first-order valence-electron chi connectivity index (χ1n) is 12.1. The SMILES string of the molecule is O=C(O)CC1(NC(=O)C2CCCC(NC(=O)OCC3c4ccccc4-c4ccccc43)C2)CC1. The van der Waals surface area contributed by atoms with Gasteiger partial charge in [-0.2, -0.15) is 0 Å². The number of nitrogens with one attached hydrogen (secondary N) is 2. The number of hydrogen-bond acceptors (Lipinski definition) is 4. The molecule has 3 aliphatic rings. The second-order valence-electron chi connectivity index (χ2n) is 9.87. The van der Waals surface area contributed by atoms with E-state index in [0.717, 1.165) is 19.3 Å². The van der Waals surface area contributed by atoms with E-state index in [1.54, 1.807) is 0 Å². The van der Waals surface area contributed by atoms with Gasteiger partial charge in [0.25, 0.3) is 0 Å². The molecule has 0 aliphatic heterocycles. The van der Waals surface area contributed by atoms with Crippen LogP contribution in [0.15, 0.2) is 48.5 Å². The van der Waals surface area contributed by atoms with Gasteiger partial charge in [-0.3, -0.25) is 9.59 Å². The number of alkyl carbamates (subject to hydrolysis) is 1. The van der Waals surface area contributed by atoms with Crippen LogP contribution in [0.1, 0.15) is 62.0 Å². The number of carboxylic acids is 1. The number of benzene rings is 2. The van der Waals surface area contributed by atoms with Crippen molar-refractivity contribution in [2.24, 2.45) is 5.92 Å². The smallest absolute Gasteiger partial charge is 0.407 e. The van der Waals surface area contributed by atoms with Gasteiger partial charge in [-0.05, 0) is 54.4 Å². The highest BCUT2D eigenvalue weighted by atomic mass is 16.5. The van der Waals surface area contributed by atoms with Gasteiger partial charge in [0.15, 0.2) is 0 Å². The highest BCUT2D eigenvalue weighted by Crippen LogP contribution is 2.44. The van der Waals surface area contributed by atoms with Crippen LogP contribution in [0.25, 0.3) is 11.1 Å². The van der Waals surface area contributed by atoms with Crippen LogP contribution in [0, 0.1) is 5.92 Å². The molecule has 0 heterocycles. The van der Waals surface area contributed by atoms with E-state index in [4.69, 9.17) is 9.84 Å². The fourth-order valence-electron chi connectivity index (χ4n) is 5.52. The molecule has 3 aliphatic carbocycles. The Hall–Kier alpha value is -3.35. The lowest BCUT2D eigenvalue weighted by atomic mass is 9.85. The third-order valence-electron chi connectivity index (χ3n) is 7.44. The summed E-state index contributed by atoms with van der Waals surface area (Å²) in [5.74, 6) is -1.21. The summed E-state index contributed by atoms with van der Waals surface area (Å²) in [6.45, 7) is 0.258. The molecule has 7 nitrogen and oxygen atoms in total. The monoisotopic (exact) mass is 462 g/mol. The molecule has 34 heavy (non-hydrogen) atoms. The maximum atomic E-state index is 12.8. The van der Waals surface area contributed by atoms with Crippen molar-refractivity contribution < 1.29 is 24.2 Å². The van der Waals surface area contributed by atoms with Crippen LogP contribution in [0.2, 0.25) is 0 Å². The average Bonchev–Trinajstić information content (AvgIpc) is 3.49. The molecule has 3 N–H and O–H groups in total. The number of hydrogen-bond donors (Lipinski definition) is 3. The fourth-order valence-corrected chi connectivity index (χ4v) is 5.52. The van der Waals surface area contributed by atoms with E-state index < -0.39 is 17.6 Å². The van der Waals surface area contributed by atoms with Gasteiger partial charge in [0.05, 0.1) is 12.0 Å². The van der Waals surface area contributed by atoms with Crippen molar-refractivity contribution >= 4 is 18.0 Å². The van der Waals surface area contributed by atoms with Crippen molar-refractivity contribution in [3.05, 3.63) is 59.7 Å². The lowest BCUT2D eigenvalue weighted by Gasteiger charge is -2.30. The number of carboxylic acid groups (broad SMARTS) is 1. The predicted molar refractivity (Wildman–Crippen MR) is 126 cm³/mol. The van der Waals surface area contributed by atoms with E-state index in [0.29, 0.717) is 19.3 Å². The van der Waals surface area contributed by atoms with Crippen LogP contribution in [0.5, 0.6) is 0 Å². The molecule has 2 unspecified atom stereocenters. The Morgan fingerprint density at radius 1 is 0.971 bits per heavy atom. The van der Waals surface area contributed by atoms with E-state index in [-0.39, 0.29) is 36.8 Å². The zero-order valence-electron chi connectivity index (χ0n) is 19.1. The minimum absolute atomic E-state index is 0.00648. The van der Waals surface area contributed by atoms with E-state index in [1.807, 2.05) is 24.3 Å². The predicted octanol–water partition coefficient (Wildman–Crippen LogP) is 4.21. The average molecular weight is 463 g/mol. The van der Waals surface area contributed by atoms with Crippen LogP contribution in [-0.2, 0) is 14.3 Å². The molecule has 2 fully saturated rings. The summed E-state index contributed by atoms with van der Waals surface area (Å²) in [6.07, 6.45) is 3.84. The van der Waals surface area contributed by atoms with E-state index in [1.165, 1.54) is 22.3 Å². The molecule has 2 aromatic carbocycles. The Morgan fingerprint density at radius 3 is 2.24 bits per heavy atom. The van der Waals surface area contributed by atoms with E-state index in [2.05, 4.69) is 34.9 Å². The Morgan fingerprint density at radius 2 is 1.62 bits per heavy atom. The molecule has 178 valence electrons. The van der Waals surface area contributed by atoms with Gasteiger partial charge in [-0.25, -0.2) is 4.79 Å². The molecule has 0 spiro atoms. The zero-order chi connectivity index (χ0) is 23.7. The number of amides is 2. The van der Waals surface area contributed by atoms with Crippen LogP contribution in [0.3, 0.4) is 0 Å². The van der Waals surface area contributed by atoms with Crippen LogP contribution in [-0.4, -0.2) is 41.3 Å². The quantitative estimate of drug-likeness (QED) is 0.572. The number of fused-ring (bicyclic) bond motifs is 3. The van der Waals surface area contributed by atoms with Crippen LogP contribution < -0.4 is 10.6 Å². The van der Waals surface area contributed by atoms with E-state index in [9.17, 15) is 14.4 Å². The second kappa shape index (κ2) is 9.12. The Labute approximate surface area is 198 Å². The van der Waals surface area contributed by atoms with Gasteiger partial charge in [0.1, 0.15) is 6.61 Å². The van der Waals surface area contributed by atoms with Gasteiger partial charge in [-0.15, -0.1) is 0 Å². The molecule has 0 bridgehead atoms. The molecule has 7 heteroatoms.